The molecule has 1 amide bonds. The zero-order valence-corrected chi connectivity index (χ0v) is 12.3. The molecular formula is C15H28N2O. The summed E-state index contributed by atoms with van der Waals surface area (Å²) >= 11 is 0. The molecular weight excluding hydrogens is 224 g/mol. The monoisotopic (exact) mass is 252 g/mol. The number of nitrogens with two attached hydrogens (primary N) is 1. The summed E-state index contributed by atoms with van der Waals surface area (Å²) in [4.78, 5) is 14.4. The largest absolute Gasteiger partial charge is 0.341 e. The van der Waals surface area contributed by atoms with Gasteiger partial charge in [0.25, 0.3) is 0 Å². The summed E-state index contributed by atoms with van der Waals surface area (Å²) in [5.74, 6) is 0.558. The molecule has 0 aromatic heterocycles. The van der Waals surface area contributed by atoms with Gasteiger partial charge in [0, 0.05) is 13.1 Å². The van der Waals surface area contributed by atoms with Crippen molar-refractivity contribution in [3.8, 4) is 0 Å². The van der Waals surface area contributed by atoms with Crippen molar-refractivity contribution in [1.82, 2.24) is 4.90 Å². The number of likely N-dealkylation sites (N-methyl/N-ethyl adjacent to an activating group) is 1. The van der Waals surface area contributed by atoms with Crippen LogP contribution in [0.1, 0.15) is 59.3 Å². The number of hydrogen-bond acceptors (Lipinski definition) is 2. The first-order chi connectivity index (χ1) is 8.24. The van der Waals surface area contributed by atoms with Gasteiger partial charge in [-0.05, 0) is 56.8 Å². The smallest absolute Gasteiger partial charge is 0.242 e. The van der Waals surface area contributed by atoms with E-state index in [-0.39, 0.29) is 5.91 Å². The van der Waals surface area contributed by atoms with Crippen LogP contribution in [0.4, 0.5) is 0 Å². The second-order valence-electron chi connectivity index (χ2n) is 7.37. The third-order valence-corrected chi connectivity index (χ3v) is 5.06. The van der Waals surface area contributed by atoms with Gasteiger partial charge in [0.15, 0.2) is 0 Å². The molecule has 3 heteroatoms. The van der Waals surface area contributed by atoms with E-state index in [0.717, 1.165) is 25.7 Å². The molecule has 1 atom stereocenters. The van der Waals surface area contributed by atoms with Crippen molar-refractivity contribution in [2.45, 2.75) is 70.9 Å². The Labute approximate surface area is 111 Å². The van der Waals surface area contributed by atoms with E-state index < -0.39 is 5.54 Å². The molecule has 2 saturated carbocycles. The topological polar surface area (TPSA) is 46.3 Å². The van der Waals surface area contributed by atoms with Gasteiger partial charge in [-0.2, -0.15) is 0 Å². The van der Waals surface area contributed by atoms with Gasteiger partial charge >= 0.3 is 0 Å². The summed E-state index contributed by atoms with van der Waals surface area (Å²) in [6, 6.07) is 0.396. The van der Waals surface area contributed by atoms with Crippen LogP contribution in [0.3, 0.4) is 0 Å². The van der Waals surface area contributed by atoms with Crippen molar-refractivity contribution < 1.29 is 4.79 Å². The Morgan fingerprint density at radius 3 is 2.17 bits per heavy atom. The Hall–Kier alpha value is -0.570. The van der Waals surface area contributed by atoms with Gasteiger partial charge in [0.2, 0.25) is 5.91 Å². The van der Waals surface area contributed by atoms with Crippen LogP contribution in [0.25, 0.3) is 0 Å². The quantitative estimate of drug-likeness (QED) is 0.839. The highest BCUT2D eigenvalue weighted by atomic mass is 16.2. The lowest BCUT2D eigenvalue weighted by Crippen LogP contribution is -2.56. The number of nitrogens with zero attached hydrogens (tertiary/aromatic N) is 1. The lowest BCUT2D eigenvalue weighted by atomic mass is 9.75. The van der Waals surface area contributed by atoms with E-state index in [2.05, 4.69) is 13.8 Å². The van der Waals surface area contributed by atoms with Crippen LogP contribution in [-0.2, 0) is 4.79 Å². The number of carbonyl (C=O) groups excluding carboxylic acids is 1. The van der Waals surface area contributed by atoms with Crippen molar-refractivity contribution in [2.24, 2.45) is 17.1 Å². The summed E-state index contributed by atoms with van der Waals surface area (Å²) in [6.07, 6.45) is 6.89. The maximum absolute atomic E-state index is 12.5. The summed E-state index contributed by atoms with van der Waals surface area (Å²) < 4.78 is 0. The SMILES string of the molecule is CN(C(=O)C(C)(N)C1CC1)C1CCC(C)(C)CC1. The van der Waals surface area contributed by atoms with Crippen LogP contribution in [0.2, 0.25) is 0 Å². The normalized spacial score (nSPS) is 27.6. The lowest BCUT2D eigenvalue weighted by Gasteiger charge is -2.41. The molecule has 1 unspecified atom stereocenters. The van der Waals surface area contributed by atoms with Crippen LogP contribution in [0.15, 0.2) is 0 Å². The van der Waals surface area contributed by atoms with Crippen LogP contribution in [0.5, 0.6) is 0 Å². The second kappa shape index (κ2) is 4.52. The van der Waals surface area contributed by atoms with Gasteiger partial charge in [-0.15, -0.1) is 0 Å². The molecule has 0 bridgehead atoms. The highest BCUT2D eigenvalue weighted by Crippen LogP contribution is 2.41. The molecule has 2 N–H and O–H groups in total. The fourth-order valence-electron chi connectivity index (χ4n) is 3.17. The maximum Gasteiger partial charge on any atom is 0.242 e. The molecule has 2 fully saturated rings. The average Bonchev–Trinajstić information content (AvgIpc) is 3.11. The van der Waals surface area contributed by atoms with Gasteiger partial charge in [-0.3, -0.25) is 4.79 Å². The van der Waals surface area contributed by atoms with Gasteiger partial charge in [-0.25, -0.2) is 0 Å². The van der Waals surface area contributed by atoms with Crippen LogP contribution in [0, 0.1) is 11.3 Å². The van der Waals surface area contributed by atoms with E-state index in [0.29, 0.717) is 17.4 Å². The first kappa shape index (κ1) is 13.9. The molecule has 0 radical (unpaired) electrons. The second-order valence-corrected chi connectivity index (χ2v) is 7.37. The number of amides is 1. The number of carbonyl (C=O) groups is 1. The van der Waals surface area contributed by atoms with Crippen molar-refractivity contribution >= 4 is 5.91 Å². The molecule has 3 nitrogen and oxygen atoms in total. The Balaban J connectivity index is 1.95. The van der Waals surface area contributed by atoms with Crippen molar-refractivity contribution in [1.29, 1.82) is 0 Å². The minimum absolute atomic E-state index is 0.148. The van der Waals surface area contributed by atoms with E-state index in [1.807, 2.05) is 18.9 Å². The minimum Gasteiger partial charge on any atom is -0.341 e. The van der Waals surface area contributed by atoms with E-state index >= 15 is 0 Å². The molecule has 18 heavy (non-hydrogen) atoms. The van der Waals surface area contributed by atoms with E-state index in [1.165, 1.54) is 12.8 Å². The van der Waals surface area contributed by atoms with Crippen molar-refractivity contribution in [3.05, 3.63) is 0 Å². The van der Waals surface area contributed by atoms with Crippen LogP contribution in [-0.4, -0.2) is 29.4 Å². The minimum atomic E-state index is -0.637. The standard InChI is InChI=1S/C15H28N2O/c1-14(2)9-7-12(8-10-14)17(4)13(18)15(3,16)11-5-6-11/h11-12H,5-10,16H2,1-4H3. The zero-order chi connectivity index (χ0) is 13.6. The number of hydrogen-bond donors (Lipinski definition) is 1. The first-order valence-corrected chi connectivity index (χ1v) is 7.30. The fraction of sp³-hybridized carbons (Fsp3) is 0.933. The summed E-state index contributed by atoms with van der Waals surface area (Å²) in [5, 5.41) is 0. The highest BCUT2D eigenvalue weighted by Gasteiger charge is 2.46. The third kappa shape index (κ3) is 2.71. The van der Waals surface area contributed by atoms with E-state index in [1.54, 1.807) is 0 Å². The van der Waals surface area contributed by atoms with Gasteiger partial charge in [0.1, 0.15) is 0 Å². The van der Waals surface area contributed by atoms with Crippen molar-refractivity contribution in [2.75, 3.05) is 7.05 Å². The van der Waals surface area contributed by atoms with Gasteiger partial charge in [-0.1, -0.05) is 13.8 Å². The fourth-order valence-corrected chi connectivity index (χ4v) is 3.17. The Bertz CT molecular complexity index is 321. The Kier molecular flexibility index (Phi) is 3.48. The Morgan fingerprint density at radius 2 is 1.72 bits per heavy atom. The molecule has 0 aromatic rings. The molecule has 2 aliphatic rings. The third-order valence-electron chi connectivity index (χ3n) is 5.06. The maximum atomic E-state index is 12.5. The molecule has 104 valence electrons. The molecule has 0 heterocycles. The molecule has 0 aliphatic heterocycles. The molecule has 0 aromatic carbocycles. The van der Waals surface area contributed by atoms with Crippen LogP contribution < -0.4 is 5.73 Å². The number of rotatable bonds is 3. The summed E-state index contributed by atoms with van der Waals surface area (Å²) in [5.41, 5.74) is 6.05. The highest BCUT2D eigenvalue weighted by molar-refractivity contribution is 5.86. The molecule has 2 rings (SSSR count). The Morgan fingerprint density at radius 1 is 1.22 bits per heavy atom. The molecule has 0 spiro atoms. The average molecular weight is 252 g/mol. The van der Waals surface area contributed by atoms with E-state index in [9.17, 15) is 4.79 Å². The predicted molar refractivity (Wildman–Crippen MR) is 74.1 cm³/mol. The van der Waals surface area contributed by atoms with E-state index in [4.69, 9.17) is 5.73 Å². The van der Waals surface area contributed by atoms with Crippen molar-refractivity contribution in [3.63, 3.8) is 0 Å². The first-order valence-electron chi connectivity index (χ1n) is 7.30. The van der Waals surface area contributed by atoms with Gasteiger partial charge in [0.05, 0.1) is 5.54 Å². The predicted octanol–water partition coefficient (Wildman–Crippen LogP) is 2.54. The zero-order valence-electron chi connectivity index (χ0n) is 12.3. The lowest BCUT2D eigenvalue weighted by molar-refractivity contribution is -0.139. The molecule has 0 saturated heterocycles. The summed E-state index contributed by atoms with van der Waals surface area (Å²) in [7, 11) is 1.94. The summed E-state index contributed by atoms with van der Waals surface area (Å²) in [6.45, 7) is 6.56. The molecule has 2 aliphatic carbocycles. The van der Waals surface area contributed by atoms with Crippen LogP contribution >= 0.6 is 0 Å². The van der Waals surface area contributed by atoms with Gasteiger partial charge < -0.3 is 10.6 Å².